The van der Waals surface area contributed by atoms with Gasteiger partial charge in [0.25, 0.3) is 5.92 Å². The zero-order chi connectivity index (χ0) is 20.8. The number of rotatable bonds is 5. The number of aryl methyl sites for hydroxylation is 1. The minimum atomic E-state index is -2.77. The van der Waals surface area contributed by atoms with Crippen molar-refractivity contribution in [2.45, 2.75) is 39.7 Å². The van der Waals surface area contributed by atoms with Crippen LogP contribution in [0.1, 0.15) is 33.0 Å². The summed E-state index contributed by atoms with van der Waals surface area (Å²) in [6.45, 7) is 6.35. The van der Waals surface area contributed by atoms with Crippen molar-refractivity contribution in [3.8, 4) is 6.01 Å². The van der Waals surface area contributed by atoms with Gasteiger partial charge >= 0.3 is 6.01 Å². The fourth-order valence-electron chi connectivity index (χ4n) is 2.93. The van der Waals surface area contributed by atoms with E-state index < -0.39 is 12.5 Å². The summed E-state index contributed by atoms with van der Waals surface area (Å²) in [6, 6.07) is 0.0947. The van der Waals surface area contributed by atoms with Gasteiger partial charge in [0.15, 0.2) is 22.8 Å². The van der Waals surface area contributed by atoms with E-state index in [2.05, 4.69) is 35.8 Å². The molecule has 0 N–H and O–H groups in total. The molecule has 0 aliphatic carbocycles. The van der Waals surface area contributed by atoms with Crippen LogP contribution in [-0.4, -0.2) is 70.8 Å². The molecule has 0 radical (unpaired) electrons. The molecule has 0 bridgehead atoms. The molecule has 0 unspecified atom stereocenters. The Balaban J connectivity index is 1.75. The van der Waals surface area contributed by atoms with Crippen molar-refractivity contribution in [3.05, 3.63) is 5.82 Å². The zero-order valence-electron chi connectivity index (χ0n) is 16.7. The molecule has 4 heterocycles. The maximum Gasteiger partial charge on any atom is 0.320 e. The van der Waals surface area contributed by atoms with Crippen LogP contribution >= 0.6 is 0 Å². The molecule has 156 valence electrons. The van der Waals surface area contributed by atoms with Crippen molar-refractivity contribution < 1.29 is 13.5 Å². The molecule has 1 aliphatic heterocycles. The summed E-state index contributed by atoms with van der Waals surface area (Å²) in [7, 11) is 1.71. The average molecular weight is 408 g/mol. The minimum Gasteiger partial charge on any atom is -0.463 e. The number of anilines is 1. The van der Waals surface area contributed by atoms with Crippen molar-refractivity contribution in [3.63, 3.8) is 0 Å². The Morgan fingerprint density at radius 1 is 1.14 bits per heavy atom. The van der Waals surface area contributed by atoms with Gasteiger partial charge in [0, 0.05) is 20.0 Å². The molecule has 11 nitrogen and oxygen atoms in total. The van der Waals surface area contributed by atoms with E-state index >= 15 is 0 Å². The molecule has 0 spiro atoms. The highest BCUT2D eigenvalue weighted by Crippen LogP contribution is 2.33. The van der Waals surface area contributed by atoms with Gasteiger partial charge in [-0.15, -0.1) is 10.2 Å². The molecule has 1 aliphatic rings. The lowest BCUT2D eigenvalue weighted by atomic mass is 9.99. The lowest BCUT2D eigenvalue weighted by Crippen LogP contribution is -2.26. The number of ether oxygens (including phenoxy) is 1. The summed E-state index contributed by atoms with van der Waals surface area (Å²) in [5, 5.41) is 19.6. The van der Waals surface area contributed by atoms with Gasteiger partial charge in [-0.1, -0.05) is 26.0 Å². The Labute approximate surface area is 165 Å². The monoisotopic (exact) mass is 408 g/mol. The van der Waals surface area contributed by atoms with Crippen LogP contribution in [0.4, 0.5) is 14.6 Å². The molecular formula is C16H22F2N10O. The Morgan fingerprint density at radius 2 is 1.93 bits per heavy atom. The van der Waals surface area contributed by atoms with E-state index in [1.165, 1.54) is 14.3 Å². The van der Waals surface area contributed by atoms with Crippen LogP contribution in [0.25, 0.3) is 11.2 Å². The SMILES string of the molecule is Cn1nnnc1Cn1nnc2c(N3CCC(F)(F)C3)nc(OCC(C)(C)C)nc21. The van der Waals surface area contributed by atoms with Gasteiger partial charge in [-0.3, -0.25) is 0 Å². The molecule has 3 aromatic rings. The van der Waals surface area contributed by atoms with E-state index in [4.69, 9.17) is 4.74 Å². The zero-order valence-corrected chi connectivity index (χ0v) is 16.7. The van der Waals surface area contributed by atoms with Gasteiger partial charge in [-0.2, -0.15) is 9.97 Å². The van der Waals surface area contributed by atoms with E-state index in [0.29, 0.717) is 29.4 Å². The van der Waals surface area contributed by atoms with Gasteiger partial charge in [-0.05, 0) is 15.8 Å². The van der Waals surface area contributed by atoms with E-state index in [1.807, 2.05) is 20.8 Å². The smallest absolute Gasteiger partial charge is 0.320 e. The Bertz CT molecular complexity index is 1020. The first-order valence-electron chi connectivity index (χ1n) is 9.19. The van der Waals surface area contributed by atoms with Crippen LogP contribution in [0.2, 0.25) is 0 Å². The first kappa shape index (κ1) is 19.3. The van der Waals surface area contributed by atoms with Crippen molar-refractivity contribution in [2.75, 3.05) is 24.6 Å². The minimum absolute atomic E-state index is 0.0947. The number of halogens is 2. The lowest BCUT2D eigenvalue weighted by Gasteiger charge is -2.20. The fraction of sp³-hybridized carbons (Fsp3) is 0.688. The second kappa shape index (κ2) is 6.81. The summed E-state index contributed by atoms with van der Waals surface area (Å²) < 4.78 is 36.4. The number of fused-ring (bicyclic) bond motifs is 1. The second-order valence-corrected chi connectivity index (χ2v) is 8.34. The number of alkyl halides is 2. The third-order valence-corrected chi connectivity index (χ3v) is 4.43. The predicted molar refractivity (Wildman–Crippen MR) is 97.7 cm³/mol. The molecule has 13 heteroatoms. The molecule has 0 amide bonds. The standard InChI is InChI=1S/C16H22F2N10O/c1-15(2,3)9-29-14-19-12(27-6-5-16(17,18)8-27)11-13(20-14)28(24-22-11)7-10-21-23-25-26(10)4/h5-9H2,1-4H3. The molecule has 1 fully saturated rings. The highest BCUT2D eigenvalue weighted by atomic mass is 19.3. The Morgan fingerprint density at radius 3 is 2.55 bits per heavy atom. The number of hydrogen-bond acceptors (Lipinski definition) is 9. The quantitative estimate of drug-likeness (QED) is 0.611. The molecule has 0 saturated carbocycles. The summed E-state index contributed by atoms with van der Waals surface area (Å²) in [4.78, 5) is 10.3. The molecule has 0 aromatic carbocycles. The summed E-state index contributed by atoms with van der Waals surface area (Å²) in [6.07, 6.45) is -0.241. The molecule has 1 saturated heterocycles. The maximum atomic E-state index is 13.8. The predicted octanol–water partition coefficient (Wildman–Crippen LogP) is 1.06. The molecule has 3 aromatic heterocycles. The largest absolute Gasteiger partial charge is 0.463 e. The highest BCUT2D eigenvalue weighted by molar-refractivity contribution is 5.83. The first-order chi connectivity index (χ1) is 13.6. The topological polar surface area (TPSA) is 113 Å². The maximum absolute atomic E-state index is 13.8. The number of nitrogens with zero attached hydrogens (tertiary/aromatic N) is 10. The van der Waals surface area contributed by atoms with Gasteiger partial charge in [0.05, 0.1) is 13.2 Å². The highest BCUT2D eigenvalue weighted by Gasteiger charge is 2.40. The van der Waals surface area contributed by atoms with Crippen molar-refractivity contribution in [1.29, 1.82) is 0 Å². The van der Waals surface area contributed by atoms with Crippen LogP contribution in [0, 0.1) is 5.41 Å². The fourth-order valence-corrected chi connectivity index (χ4v) is 2.93. The van der Waals surface area contributed by atoms with Gasteiger partial charge in [0.1, 0.15) is 6.54 Å². The van der Waals surface area contributed by atoms with Crippen molar-refractivity contribution >= 4 is 17.0 Å². The third-order valence-electron chi connectivity index (χ3n) is 4.43. The molecular weight excluding hydrogens is 386 g/mol. The second-order valence-electron chi connectivity index (χ2n) is 8.34. The summed E-state index contributed by atoms with van der Waals surface area (Å²) in [5.41, 5.74) is 0.583. The van der Waals surface area contributed by atoms with Crippen LogP contribution < -0.4 is 9.64 Å². The van der Waals surface area contributed by atoms with Crippen molar-refractivity contribution in [2.24, 2.45) is 12.5 Å². The van der Waals surface area contributed by atoms with Crippen LogP contribution in [-0.2, 0) is 13.6 Å². The van der Waals surface area contributed by atoms with Gasteiger partial charge < -0.3 is 9.64 Å². The normalized spacial score (nSPS) is 16.7. The van der Waals surface area contributed by atoms with Gasteiger partial charge in [-0.25, -0.2) is 18.1 Å². The van der Waals surface area contributed by atoms with Crippen LogP contribution in [0.15, 0.2) is 0 Å². The number of tetrazole rings is 1. The average Bonchev–Trinajstić information content (AvgIpc) is 3.32. The van der Waals surface area contributed by atoms with Crippen LogP contribution in [0.3, 0.4) is 0 Å². The first-order valence-corrected chi connectivity index (χ1v) is 9.19. The van der Waals surface area contributed by atoms with Gasteiger partial charge in [0.2, 0.25) is 0 Å². The summed E-state index contributed by atoms with van der Waals surface area (Å²) in [5.74, 6) is -1.94. The van der Waals surface area contributed by atoms with E-state index in [1.54, 1.807) is 7.05 Å². The van der Waals surface area contributed by atoms with Crippen LogP contribution in [0.5, 0.6) is 6.01 Å². The van der Waals surface area contributed by atoms with Crippen molar-refractivity contribution in [1.82, 2.24) is 45.2 Å². The Hall–Kier alpha value is -2.99. The molecule has 4 rings (SSSR count). The molecule has 29 heavy (non-hydrogen) atoms. The number of aromatic nitrogens is 9. The lowest BCUT2D eigenvalue weighted by molar-refractivity contribution is 0.0257. The third kappa shape index (κ3) is 4.07. The van der Waals surface area contributed by atoms with E-state index in [9.17, 15) is 8.78 Å². The Kier molecular flexibility index (Phi) is 4.54. The van der Waals surface area contributed by atoms with E-state index in [0.717, 1.165) is 0 Å². The summed E-state index contributed by atoms with van der Waals surface area (Å²) >= 11 is 0. The molecule has 0 atom stereocenters. The number of hydrogen-bond donors (Lipinski definition) is 0. The van der Waals surface area contributed by atoms with E-state index in [-0.39, 0.29) is 30.9 Å².